The number of carbonyl (C=O) groups is 2. The van der Waals surface area contributed by atoms with Gasteiger partial charge in [0, 0.05) is 18.5 Å². The number of ether oxygens (including phenoxy) is 1. The maximum atomic E-state index is 11.4. The zero-order valence-corrected chi connectivity index (χ0v) is 9.96. The van der Waals surface area contributed by atoms with Gasteiger partial charge in [-0.1, -0.05) is 36.4 Å². The van der Waals surface area contributed by atoms with Gasteiger partial charge in [-0.05, 0) is 12.0 Å². The van der Waals surface area contributed by atoms with Crippen LogP contribution in [0.4, 0.5) is 0 Å². The van der Waals surface area contributed by atoms with Crippen molar-refractivity contribution in [2.24, 2.45) is 0 Å². The quantitative estimate of drug-likeness (QED) is 0.486. The summed E-state index contributed by atoms with van der Waals surface area (Å²) in [7, 11) is 0. The lowest BCUT2D eigenvalue weighted by Gasteiger charge is -2.25. The Morgan fingerprint density at radius 1 is 1.39 bits per heavy atom. The molecule has 0 unspecified atom stereocenters. The molecule has 1 amide bonds. The largest absolute Gasteiger partial charge is 0.458 e. The molecule has 18 heavy (non-hydrogen) atoms. The summed E-state index contributed by atoms with van der Waals surface area (Å²) in [6.45, 7) is 0.282. The molecule has 0 spiro atoms. The first kappa shape index (κ1) is 12.4. The van der Waals surface area contributed by atoms with E-state index in [0.29, 0.717) is 12.8 Å². The third-order valence-corrected chi connectivity index (χ3v) is 2.70. The van der Waals surface area contributed by atoms with Crippen molar-refractivity contribution in [3.05, 3.63) is 48.0 Å². The molecule has 1 aliphatic rings. The van der Waals surface area contributed by atoms with Gasteiger partial charge in [-0.25, -0.2) is 4.79 Å². The molecule has 4 heteroatoms. The van der Waals surface area contributed by atoms with Gasteiger partial charge < -0.3 is 10.1 Å². The molecule has 1 N–H and O–H groups in total. The smallest absolute Gasteiger partial charge is 0.330 e. The van der Waals surface area contributed by atoms with Gasteiger partial charge >= 0.3 is 5.97 Å². The van der Waals surface area contributed by atoms with Crippen molar-refractivity contribution in [2.45, 2.75) is 25.5 Å². The minimum atomic E-state index is -0.357. The van der Waals surface area contributed by atoms with Crippen molar-refractivity contribution < 1.29 is 14.3 Å². The molecule has 1 atom stereocenters. The van der Waals surface area contributed by atoms with Crippen LogP contribution in [0.25, 0.3) is 0 Å². The van der Waals surface area contributed by atoms with E-state index < -0.39 is 0 Å². The van der Waals surface area contributed by atoms with E-state index in [0.717, 1.165) is 5.56 Å². The Morgan fingerprint density at radius 3 is 2.78 bits per heavy atom. The Morgan fingerprint density at radius 2 is 2.11 bits per heavy atom. The highest BCUT2D eigenvalue weighted by Gasteiger charge is 2.23. The minimum absolute atomic E-state index is 0.0695. The van der Waals surface area contributed by atoms with E-state index in [4.69, 9.17) is 4.74 Å². The van der Waals surface area contributed by atoms with Gasteiger partial charge in [0.2, 0.25) is 5.91 Å². The lowest BCUT2D eigenvalue weighted by atomic mass is 10.0. The van der Waals surface area contributed by atoms with E-state index in [1.165, 1.54) is 6.08 Å². The highest BCUT2D eigenvalue weighted by Crippen LogP contribution is 2.08. The maximum absolute atomic E-state index is 11.4. The molecule has 0 radical (unpaired) electrons. The van der Waals surface area contributed by atoms with Crippen LogP contribution in [0.1, 0.15) is 18.4 Å². The fraction of sp³-hybridized carbons (Fsp3) is 0.286. The van der Waals surface area contributed by atoms with Gasteiger partial charge in [-0.2, -0.15) is 0 Å². The lowest BCUT2D eigenvalue weighted by molar-refractivity contribution is -0.139. The lowest BCUT2D eigenvalue weighted by Crippen LogP contribution is -2.47. The maximum Gasteiger partial charge on any atom is 0.330 e. The van der Waals surface area contributed by atoms with Crippen molar-refractivity contribution in [1.29, 1.82) is 0 Å². The van der Waals surface area contributed by atoms with Crippen molar-refractivity contribution in [1.82, 2.24) is 5.32 Å². The number of amides is 1. The fourth-order valence-corrected chi connectivity index (χ4v) is 1.68. The molecular weight excluding hydrogens is 230 g/mol. The number of hydrogen-bond acceptors (Lipinski definition) is 3. The van der Waals surface area contributed by atoms with Crippen LogP contribution in [0.3, 0.4) is 0 Å². The number of β-lactam (4-membered cyclic amide) rings is 1. The van der Waals surface area contributed by atoms with Crippen LogP contribution in [-0.4, -0.2) is 17.9 Å². The van der Waals surface area contributed by atoms with Gasteiger partial charge in [0.25, 0.3) is 0 Å². The molecule has 1 aliphatic heterocycles. The molecule has 1 fully saturated rings. The Kier molecular flexibility index (Phi) is 4.12. The number of hydrogen-bond donors (Lipinski definition) is 1. The molecular formula is C14H15NO3. The predicted octanol–water partition coefficient (Wildman–Crippen LogP) is 1.56. The Hall–Kier alpha value is -2.10. The number of benzene rings is 1. The Bertz CT molecular complexity index is 445. The molecule has 1 saturated heterocycles. The Labute approximate surface area is 106 Å². The van der Waals surface area contributed by atoms with E-state index in [-0.39, 0.29) is 24.5 Å². The average Bonchev–Trinajstić information content (AvgIpc) is 2.35. The number of nitrogens with one attached hydrogen (secondary N) is 1. The summed E-state index contributed by atoms with van der Waals surface area (Å²) in [5.41, 5.74) is 0.963. The van der Waals surface area contributed by atoms with Gasteiger partial charge in [0.15, 0.2) is 0 Å². The van der Waals surface area contributed by atoms with Crippen LogP contribution >= 0.6 is 0 Å². The van der Waals surface area contributed by atoms with Crippen molar-refractivity contribution in [2.75, 3.05) is 0 Å². The molecule has 94 valence electrons. The fourth-order valence-electron chi connectivity index (χ4n) is 1.68. The normalized spacial score (nSPS) is 18.2. The minimum Gasteiger partial charge on any atom is -0.458 e. The molecule has 1 aromatic carbocycles. The second kappa shape index (κ2) is 6.00. The van der Waals surface area contributed by atoms with Crippen LogP contribution < -0.4 is 5.32 Å². The first-order valence-corrected chi connectivity index (χ1v) is 5.90. The van der Waals surface area contributed by atoms with Crippen LogP contribution in [0.15, 0.2) is 42.5 Å². The summed E-state index contributed by atoms with van der Waals surface area (Å²) in [5, 5.41) is 2.73. The standard InChI is InChI=1S/C14H15NO3/c16-13-9-12(15-13)7-4-8-14(17)18-10-11-5-2-1-3-6-11/h1-6,8,12H,7,9-10H2,(H,15,16)/b8-4+/t12-/m1/s1. The number of rotatable bonds is 5. The zero-order chi connectivity index (χ0) is 12.8. The van der Waals surface area contributed by atoms with E-state index >= 15 is 0 Å². The third kappa shape index (κ3) is 3.73. The summed E-state index contributed by atoms with van der Waals surface area (Å²) in [6, 6.07) is 9.70. The third-order valence-electron chi connectivity index (χ3n) is 2.70. The summed E-state index contributed by atoms with van der Waals surface area (Å²) in [6.07, 6.45) is 4.36. The first-order chi connectivity index (χ1) is 8.74. The van der Waals surface area contributed by atoms with Gasteiger partial charge in [-0.3, -0.25) is 4.79 Å². The SMILES string of the molecule is O=C1C[C@@H](C/C=C/C(=O)OCc2ccccc2)N1. The monoisotopic (exact) mass is 245 g/mol. The van der Waals surface area contributed by atoms with Crippen molar-refractivity contribution in [3.8, 4) is 0 Å². The molecule has 0 saturated carbocycles. The summed E-state index contributed by atoms with van der Waals surface area (Å²) >= 11 is 0. The van der Waals surface area contributed by atoms with E-state index in [1.807, 2.05) is 30.3 Å². The van der Waals surface area contributed by atoms with Gasteiger partial charge in [0.05, 0.1) is 0 Å². The zero-order valence-electron chi connectivity index (χ0n) is 9.96. The van der Waals surface area contributed by atoms with Gasteiger partial charge in [-0.15, -0.1) is 0 Å². The molecule has 0 aromatic heterocycles. The summed E-state index contributed by atoms with van der Waals surface area (Å²) in [4.78, 5) is 22.0. The second-order valence-corrected chi connectivity index (χ2v) is 4.20. The highest BCUT2D eigenvalue weighted by atomic mass is 16.5. The molecule has 0 bridgehead atoms. The predicted molar refractivity (Wildman–Crippen MR) is 66.5 cm³/mol. The summed E-state index contributed by atoms with van der Waals surface area (Å²) < 4.78 is 5.07. The second-order valence-electron chi connectivity index (χ2n) is 4.20. The van der Waals surface area contributed by atoms with Gasteiger partial charge in [0.1, 0.15) is 6.61 Å². The average molecular weight is 245 g/mol. The van der Waals surface area contributed by atoms with E-state index in [9.17, 15) is 9.59 Å². The summed E-state index contributed by atoms with van der Waals surface area (Å²) in [5.74, 6) is -0.287. The molecule has 1 heterocycles. The van der Waals surface area contributed by atoms with Crippen LogP contribution in [-0.2, 0) is 20.9 Å². The van der Waals surface area contributed by atoms with Crippen LogP contribution in [0.5, 0.6) is 0 Å². The Balaban J connectivity index is 1.66. The molecule has 0 aliphatic carbocycles. The van der Waals surface area contributed by atoms with Crippen LogP contribution in [0.2, 0.25) is 0 Å². The number of esters is 1. The molecule has 1 aromatic rings. The topological polar surface area (TPSA) is 55.4 Å². The van der Waals surface area contributed by atoms with Crippen LogP contribution in [0, 0.1) is 0 Å². The van der Waals surface area contributed by atoms with Crippen molar-refractivity contribution >= 4 is 11.9 Å². The van der Waals surface area contributed by atoms with Crippen molar-refractivity contribution in [3.63, 3.8) is 0 Å². The molecule has 2 rings (SSSR count). The molecule has 4 nitrogen and oxygen atoms in total. The number of carbonyl (C=O) groups excluding carboxylic acids is 2. The van der Waals surface area contributed by atoms with E-state index in [1.54, 1.807) is 6.08 Å². The van der Waals surface area contributed by atoms with E-state index in [2.05, 4.69) is 5.32 Å². The highest BCUT2D eigenvalue weighted by molar-refractivity contribution is 5.83. The first-order valence-electron chi connectivity index (χ1n) is 5.90.